The van der Waals surface area contributed by atoms with Crippen LogP contribution in [0.1, 0.15) is 12.6 Å². The Morgan fingerprint density at radius 3 is 2.45 bits per heavy atom. The molecule has 1 saturated heterocycles. The van der Waals surface area contributed by atoms with E-state index in [2.05, 4.69) is 9.73 Å². The Labute approximate surface area is 120 Å². The van der Waals surface area contributed by atoms with Gasteiger partial charge in [0, 0.05) is 51.2 Å². The zero-order chi connectivity index (χ0) is 14.8. The fraction of sp³-hybridized carbons (Fsp3) is 0.667. The van der Waals surface area contributed by atoms with Gasteiger partial charge in [0.25, 0.3) is 10.0 Å². The van der Waals surface area contributed by atoms with E-state index in [9.17, 15) is 8.42 Å². The predicted octanol–water partition coefficient (Wildman–Crippen LogP) is -0.593. The van der Waals surface area contributed by atoms with Gasteiger partial charge < -0.3 is 15.2 Å². The quantitative estimate of drug-likeness (QED) is 0.759. The maximum atomic E-state index is 12.4. The van der Waals surface area contributed by atoms with E-state index in [4.69, 9.17) is 5.73 Å². The lowest BCUT2D eigenvalue weighted by Crippen LogP contribution is -2.52. The molecule has 1 aliphatic rings. The summed E-state index contributed by atoms with van der Waals surface area (Å²) in [5.74, 6) is 0. The average molecular weight is 301 g/mol. The van der Waals surface area contributed by atoms with Crippen molar-refractivity contribution in [1.29, 1.82) is 0 Å². The Morgan fingerprint density at radius 1 is 1.30 bits per heavy atom. The van der Waals surface area contributed by atoms with Gasteiger partial charge in [-0.3, -0.25) is 0 Å². The molecule has 0 bridgehead atoms. The second-order valence-corrected chi connectivity index (χ2v) is 6.70. The SMILES string of the molecule is CCn1cc(S(=O)(=O)NN2CCN(C)CC2)cc1CN. The van der Waals surface area contributed by atoms with Crippen molar-refractivity contribution in [2.75, 3.05) is 33.2 Å². The number of aryl methyl sites for hydroxylation is 1. The van der Waals surface area contributed by atoms with Crippen LogP contribution >= 0.6 is 0 Å². The number of hydrogen-bond donors (Lipinski definition) is 2. The zero-order valence-corrected chi connectivity index (χ0v) is 12.9. The largest absolute Gasteiger partial charge is 0.349 e. The molecule has 3 N–H and O–H groups in total. The Morgan fingerprint density at radius 2 is 1.95 bits per heavy atom. The summed E-state index contributed by atoms with van der Waals surface area (Å²) in [7, 11) is -1.49. The zero-order valence-electron chi connectivity index (χ0n) is 12.0. The van der Waals surface area contributed by atoms with Crippen molar-refractivity contribution >= 4 is 10.0 Å². The number of nitrogens with two attached hydrogens (primary N) is 1. The van der Waals surface area contributed by atoms with Crippen LogP contribution in [0.2, 0.25) is 0 Å². The van der Waals surface area contributed by atoms with Crippen molar-refractivity contribution < 1.29 is 8.42 Å². The number of sulfonamides is 1. The van der Waals surface area contributed by atoms with Crippen LogP contribution in [-0.4, -0.2) is 56.1 Å². The third kappa shape index (κ3) is 3.39. The lowest BCUT2D eigenvalue weighted by atomic mass is 10.4. The molecule has 0 unspecified atom stereocenters. The molecule has 0 saturated carbocycles. The minimum absolute atomic E-state index is 0.277. The van der Waals surface area contributed by atoms with Gasteiger partial charge in [0.1, 0.15) is 4.90 Å². The topological polar surface area (TPSA) is 83.6 Å². The fourth-order valence-corrected chi connectivity index (χ4v) is 3.44. The Kier molecular flexibility index (Phi) is 4.82. The molecule has 2 heterocycles. The number of rotatable bonds is 5. The summed E-state index contributed by atoms with van der Waals surface area (Å²) in [6.45, 7) is 6.08. The molecular weight excluding hydrogens is 278 g/mol. The molecule has 0 aromatic carbocycles. The molecule has 114 valence electrons. The molecule has 1 aromatic rings. The first kappa shape index (κ1) is 15.5. The summed E-state index contributed by atoms with van der Waals surface area (Å²) in [6, 6.07) is 1.64. The molecule has 0 spiro atoms. The van der Waals surface area contributed by atoms with E-state index in [0.717, 1.165) is 18.8 Å². The first-order chi connectivity index (χ1) is 9.46. The minimum atomic E-state index is -3.52. The molecule has 8 heteroatoms. The van der Waals surface area contributed by atoms with Gasteiger partial charge in [-0.05, 0) is 20.0 Å². The molecule has 20 heavy (non-hydrogen) atoms. The molecule has 0 atom stereocenters. The number of nitrogens with zero attached hydrogens (tertiary/aromatic N) is 3. The van der Waals surface area contributed by atoms with Crippen LogP contribution in [0.15, 0.2) is 17.2 Å². The second-order valence-electron chi connectivity index (χ2n) is 5.04. The number of aromatic nitrogens is 1. The van der Waals surface area contributed by atoms with Gasteiger partial charge in [0.15, 0.2) is 0 Å². The number of hydrazine groups is 1. The summed E-state index contributed by atoms with van der Waals surface area (Å²) >= 11 is 0. The monoisotopic (exact) mass is 301 g/mol. The van der Waals surface area contributed by atoms with Gasteiger partial charge >= 0.3 is 0 Å². The molecule has 1 aliphatic heterocycles. The molecule has 7 nitrogen and oxygen atoms in total. The molecule has 2 rings (SSSR count). The second kappa shape index (κ2) is 6.23. The number of hydrogen-bond acceptors (Lipinski definition) is 5. The highest BCUT2D eigenvalue weighted by Gasteiger charge is 2.23. The maximum absolute atomic E-state index is 12.4. The van der Waals surface area contributed by atoms with Crippen LogP contribution in [0.3, 0.4) is 0 Å². The lowest BCUT2D eigenvalue weighted by molar-refractivity contribution is 0.135. The maximum Gasteiger partial charge on any atom is 0.254 e. The van der Waals surface area contributed by atoms with Crippen LogP contribution in [0.4, 0.5) is 0 Å². The normalized spacial score (nSPS) is 18.6. The van der Waals surface area contributed by atoms with Crippen molar-refractivity contribution in [3.63, 3.8) is 0 Å². The first-order valence-electron chi connectivity index (χ1n) is 6.81. The summed E-state index contributed by atoms with van der Waals surface area (Å²) < 4.78 is 26.6. The van der Waals surface area contributed by atoms with Crippen LogP contribution in [0, 0.1) is 0 Å². The van der Waals surface area contributed by atoms with Gasteiger partial charge in [0.05, 0.1) is 0 Å². The van der Waals surface area contributed by atoms with Crippen molar-refractivity contribution in [3.05, 3.63) is 18.0 Å². The fourth-order valence-electron chi connectivity index (χ4n) is 2.26. The number of likely N-dealkylation sites (N-methyl/N-ethyl adjacent to an activating group) is 1. The molecule has 1 fully saturated rings. The van der Waals surface area contributed by atoms with E-state index >= 15 is 0 Å². The molecule has 1 aromatic heterocycles. The van der Waals surface area contributed by atoms with E-state index in [0.29, 0.717) is 26.2 Å². The van der Waals surface area contributed by atoms with E-state index in [-0.39, 0.29) is 4.90 Å². The van der Waals surface area contributed by atoms with E-state index in [1.165, 1.54) is 0 Å². The molecule has 0 radical (unpaired) electrons. The number of piperazine rings is 1. The first-order valence-corrected chi connectivity index (χ1v) is 8.29. The molecular formula is C12H23N5O2S. The molecule has 0 aliphatic carbocycles. The summed E-state index contributed by atoms with van der Waals surface area (Å²) in [4.78, 5) is 5.09. The van der Waals surface area contributed by atoms with E-state index in [1.54, 1.807) is 17.3 Å². The summed E-state index contributed by atoms with van der Waals surface area (Å²) in [5, 5.41) is 1.75. The molecule has 0 amide bonds. The Hall–Kier alpha value is -0.930. The van der Waals surface area contributed by atoms with Crippen molar-refractivity contribution in [3.8, 4) is 0 Å². The smallest absolute Gasteiger partial charge is 0.254 e. The standard InChI is InChI=1S/C12H23N5O2S/c1-3-16-10-12(8-11(16)9-13)20(18,19)14-17-6-4-15(2)5-7-17/h8,10,14H,3-7,9,13H2,1-2H3. The lowest BCUT2D eigenvalue weighted by Gasteiger charge is -2.31. The highest BCUT2D eigenvalue weighted by molar-refractivity contribution is 7.89. The summed E-state index contributed by atoms with van der Waals surface area (Å²) in [5.41, 5.74) is 6.46. The van der Waals surface area contributed by atoms with Gasteiger partial charge in [-0.1, -0.05) is 0 Å². The third-order valence-electron chi connectivity index (χ3n) is 3.57. The predicted molar refractivity (Wildman–Crippen MR) is 77.4 cm³/mol. The highest BCUT2D eigenvalue weighted by atomic mass is 32.2. The van der Waals surface area contributed by atoms with Crippen LogP contribution in [0.5, 0.6) is 0 Å². The highest BCUT2D eigenvalue weighted by Crippen LogP contribution is 2.15. The van der Waals surface area contributed by atoms with Crippen LogP contribution < -0.4 is 10.6 Å². The summed E-state index contributed by atoms with van der Waals surface area (Å²) in [6.07, 6.45) is 1.64. The van der Waals surface area contributed by atoms with Crippen molar-refractivity contribution in [2.24, 2.45) is 5.73 Å². The van der Waals surface area contributed by atoms with Gasteiger partial charge in [0.2, 0.25) is 0 Å². The van der Waals surface area contributed by atoms with Crippen LogP contribution in [-0.2, 0) is 23.1 Å². The third-order valence-corrected chi connectivity index (χ3v) is 4.92. The number of nitrogens with one attached hydrogen (secondary N) is 1. The van der Waals surface area contributed by atoms with E-state index in [1.807, 2.05) is 18.5 Å². The van der Waals surface area contributed by atoms with Crippen molar-refractivity contribution in [1.82, 2.24) is 19.3 Å². The van der Waals surface area contributed by atoms with E-state index < -0.39 is 10.0 Å². The Balaban J connectivity index is 2.12. The van der Waals surface area contributed by atoms with Gasteiger partial charge in [-0.15, -0.1) is 4.83 Å². The Bertz CT molecular complexity index is 525. The average Bonchev–Trinajstić information content (AvgIpc) is 2.85. The van der Waals surface area contributed by atoms with Gasteiger partial charge in [-0.2, -0.15) is 0 Å². The van der Waals surface area contributed by atoms with Crippen LogP contribution in [0.25, 0.3) is 0 Å². The van der Waals surface area contributed by atoms with Crippen molar-refractivity contribution in [2.45, 2.75) is 24.9 Å². The van der Waals surface area contributed by atoms with Gasteiger partial charge in [-0.25, -0.2) is 13.4 Å². The minimum Gasteiger partial charge on any atom is -0.349 e.